The molecular weight excluding hydrogens is 264 g/mol. The van der Waals surface area contributed by atoms with Crippen molar-refractivity contribution in [3.63, 3.8) is 0 Å². The van der Waals surface area contributed by atoms with Gasteiger partial charge in [0.1, 0.15) is 5.76 Å². The topological polar surface area (TPSA) is 45.5 Å². The number of furan rings is 1. The summed E-state index contributed by atoms with van der Waals surface area (Å²) in [7, 11) is 0. The number of anilines is 1. The first-order valence-electron chi connectivity index (χ1n) is 7.49. The molecule has 1 aromatic heterocycles. The van der Waals surface area contributed by atoms with Crippen LogP contribution in [-0.4, -0.2) is 23.9 Å². The second-order valence-corrected chi connectivity index (χ2v) is 5.42. The molecule has 1 aliphatic rings. The highest BCUT2D eigenvalue weighted by Gasteiger charge is 2.15. The second kappa shape index (κ2) is 6.59. The number of amides is 1. The lowest BCUT2D eigenvalue weighted by Crippen LogP contribution is -2.28. The minimum atomic E-state index is -0.203. The Morgan fingerprint density at radius 3 is 2.57 bits per heavy atom. The maximum absolute atomic E-state index is 12.1. The van der Waals surface area contributed by atoms with Crippen LogP contribution in [0.15, 0.2) is 46.9 Å². The van der Waals surface area contributed by atoms with Crippen molar-refractivity contribution in [1.82, 2.24) is 4.90 Å². The second-order valence-electron chi connectivity index (χ2n) is 5.42. The molecule has 4 nitrogen and oxygen atoms in total. The molecule has 1 amide bonds. The summed E-state index contributed by atoms with van der Waals surface area (Å²) in [5, 5.41) is 2.83. The number of para-hydroxylation sites is 1. The lowest BCUT2D eigenvalue weighted by Gasteiger charge is -2.25. The van der Waals surface area contributed by atoms with Gasteiger partial charge < -0.3 is 9.73 Å². The van der Waals surface area contributed by atoms with E-state index in [9.17, 15) is 4.79 Å². The van der Waals surface area contributed by atoms with Crippen LogP contribution < -0.4 is 5.32 Å². The molecule has 4 heteroatoms. The lowest BCUT2D eigenvalue weighted by molar-refractivity contribution is 0.0992. The molecule has 1 N–H and O–H groups in total. The van der Waals surface area contributed by atoms with Gasteiger partial charge in [0.2, 0.25) is 0 Å². The first kappa shape index (κ1) is 13.9. The number of hydrogen-bond acceptors (Lipinski definition) is 3. The molecule has 2 heterocycles. The van der Waals surface area contributed by atoms with E-state index in [0.29, 0.717) is 5.76 Å². The third-order valence-electron chi connectivity index (χ3n) is 3.75. The van der Waals surface area contributed by atoms with Crippen molar-refractivity contribution in [1.29, 1.82) is 0 Å². The number of carbonyl (C=O) groups excluding carboxylic acids is 1. The Kier molecular flexibility index (Phi) is 4.36. The highest BCUT2D eigenvalue weighted by molar-refractivity contribution is 6.02. The Labute approximate surface area is 124 Å². The molecule has 0 spiro atoms. The zero-order chi connectivity index (χ0) is 14.5. The Bertz CT molecular complexity index is 586. The Hall–Kier alpha value is -2.07. The molecule has 1 fully saturated rings. The maximum atomic E-state index is 12.1. The molecule has 1 saturated heterocycles. The van der Waals surface area contributed by atoms with Crippen molar-refractivity contribution < 1.29 is 9.21 Å². The molecule has 0 atom stereocenters. The van der Waals surface area contributed by atoms with Crippen LogP contribution in [0, 0.1) is 0 Å². The molecule has 1 aliphatic heterocycles. The highest BCUT2D eigenvalue weighted by atomic mass is 16.4. The molecule has 0 radical (unpaired) electrons. The van der Waals surface area contributed by atoms with E-state index in [1.54, 1.807) is 6.07 Å². The van der Waals surface area contributed by atoms with E-state index >= 15 is 0 Å². The van der Waals surface area contributed by atoms with E-state index in [4.69, 9.17) is 4.42 Å². The summed E-state index contributed by atoms with van der Waals surface area (Å²) < 4.78 is 5.67. The van der Waals surface area contributed by atoms with Gasteiger partial charge in [-0.05, 0) is 50.2 Å². The lowest BCUT2D eigenvalue weighted by atomic mass is 10.1. The number of nitrogens with zero attached hydrogens (tertiary/aromatic N) is 1. The molecular formula is C17H20N2O2. The van der Waals surface area contributed by atoms with E-state index in [0.717, 1.165) is 31.1 Å². The first-order valence-corrected chi connectivity index (χ1v) is 7.49. The van der Waals surface area contributed by atoms with E-state index in [2.05, 4.69) is 10.2 Å². The van der Waals surface area contributed by atoms with Gasteiger partial charge >= 0.3 is 0 Å². The van der Waals surface area contributed by atoms with E-state index in [-0.39, 0.29) is 5.91 Å². The van der Waals surface area contributed by atoms with Gasteiger partial charge in [-0.1, -0.05) is 24.6 Å². The number of benzene rings is 1. The van der Waals surface area contributed by atoms with Crippen molar-refractivity contribution in [2.45, 2.75) is 25.8 Å². The quantitative estimate of drug-likeness (QED) is 0.934. The van der Waals surface area contributed by atoms with Crippen LogP contribution in [0.25, 0.3) is 0 Å². The number of likely N-dealkylation sites (tertiary alicyclic amines) is 1. The SMILES string of the molecule is O=C(Nc1ccccc1)c1ccc(CN2CCCCC2)o1. The number of carbonyl (C=O) groups is 1. The average molecular weight is 284 g/mol. The molecule has 0 unspecified atom stereocenters. The smallest absolute Gasteiger partial charge is 0.291 e. The standard InChI is InChI=1S/C17H20N2O2/c20-17(18-14-7-3-1-4-8-14)16-10-9-15(21-16)13-19-11-5-2-6-12-19/h1,3-4,7-10H,2,5-6,11-13H2,(H,18,20). The van der Waals surface area contributed by atoms with Crippen molar-refractivity contribution >= 4 is 11.6 Å². The normalized spacial score (nSPS) is 15.8. The monoisotopic (exact) mass is 284 g/mol. The summed E-state index contributed by atoms with van der Waals surface area (Å²) in [5.41, 5.74) is 0.775. The predicted octanol–water partition coefficient (Wildman–Crippen LogP) is 3.52. The molecule has 3 rings (SSSR count). The Morgan fingerprint density at radius 2 is 1.81 bits per heavy atom. The van der Waals surface area contributed by atoms with Crippen LogP contribution >= 0.6 is 0 Å². The number of nitrogens with one attached hydrogen (secondary N) is 1. The molecule has 0 saturated carbocycles. The summed E-state index contributed by atoms with van der Waals surface area (Å²) in [5.74, 6) is 1.02. The minimum absolute atomic E-state index is 0.203. The maximum Gasteiger partial charge on any atom is 0.291 e. The zero-order valence-electron chi connectivity index (χ0n) is 12.0. The molecule has 21 heavy (non-hydrogen) atoms. The van der Waals surface area contributed by atoms with Crippen molar-refractivity contribution in [2.24, 2.45) is 0 Å². The molecule has 1 aromatic carbocycles. The van der Waals surface area contributed by atoms with Gasteiger partial charge in [0.25, 0.3) is 5.91 Å². The third kappa shape index (κ3) is 3.73. The van der Waals surface area contributed by atoms with Crippen LogP contribution in [0.1, 0.15) is 35.6 Å². The molecule has 2 aromatic rings. The molecule has 0 aliphatic carbocycles. The van der Waals surface area contributed by atoms with Crippen LogP contribution in [0.3, 0.4) is 0 Å². The number of rotatable bonds is 4. The summed E-state index contributed by atoms with van der Waals surface area (Å²) in [6, 6.07) is 13.1. The van der Waals surface area contributed by atoms with Gasteiger partial charge in [0, 0.05) is 5.69 Å². The fraction of sp³-hybridized carbons (Fsp3) is 0.353. The van der Waals surface area contributed by atoms with Crippen molar-refractivity contribution in [2.75, 3.05) is 18.4 Å². The minimum Gasteiger partial charge on any atom is -0.455 e. The van der Waals surface area contributed by atoms with Gasteiger partial charge in [-0.15, -0.1) is 0 Å². The number of piperidine rings is 1. The van der Waals surface area contributed by atoms with Gasteiger partial charge in [0.05, 0.1) is 6.54 Å². The van der Waals surface area contributed by atoms with Gasteiger partial charge in [0.15, 0.2) is 5.76 Å². The van der Waals surface area contributed by atoms with Crippen LogP contribution in [0.4, 0.5) is 5.69 Å². The van der Waals surface area contributed by atoms with E-state index < -0.39 is 0 Å². The largest absolute Gasteiger partial charge is 0.455 e. The van der Waals surface area contributed by atoms with Crippen molar-refractivity contribution in [3.8, 4) is 0 Å². The average Bonchev–Trinajstić information content (AvgIpc) is 2.98. The Balaban J connectivity index is 1.60. The Morgan fingerprint density at radius 1 is 1.05 bits per heavy atom. The van der Waals surface area contributed by atoms with Gasteiger partial charge in [-0.3, -0.25) is 9.69 Å². The fourth-order valence-electron chi connectivity index (χ4n) is 2.64. The summed E-state index contributed by atoms with van der Waals surface area (Å²) in [6.45, 7) is 3.02. The highest BCUT2D eigenvalue weighted by Crippen LogP contribution is 2.16. The van der Waals surface area contributed by atoms with Crippen molar-refractivity contribution in [3.05, 3.63) is 54.0 Å². The van der Waals surface area contributed by atoms with E-state index in [1.807, 2.05) is 36.4 Å². The summed E-state index contributed by atoms with van der Waals surface area (Å²) >= 11 is 0. The molecule has 0 bridgehead atoms. The van der Waals surface area contributed by atoms with Crippen LogP contribution in [0.2, 0.25) is 0 Å². The van der Waals surface area contributed by atoms with Crippen LogP contribution in [0.5, 0.6) is 0 Å². The zero-order valence-corrected chi connectivity index (χ0v) is 12.0. The first-order chi connectivity index (χ1) is 10.3. The predicted molar refractivity (Wildman–Crippen MR) is 82.2 cm³/mol. The number of hydrogen-bond donors (Lipinski definition) is 1. The summed E-state index contributed by atoms with van der Waals surface area (Å²) in [4.78, 5) is 14.5. The van der Waals surface area contributed by atoms with Gasteiger partial charge in [-0.2, -0.15) is 0 Å². The van der Waals surface area contributed by atoms with E-state index in [1.165, 1.54) is 19.3 Å². The molecule has 110 valence electrons. The van der Waals surface area contributed by atoms with Gasteiger partial charge in [-0.25, -0.2) is 0 Å². The fourth-order valence-corrected chi connectivity index (χ4v) is 2.64. The summed E-state index contributed by atoms with van der Waals surface area (Å²) in [6.07, 6.45) is 3.82. The third-order valence-corrected chi connectivity index (χ3v) is 3.75. The van der Waals surface area contributed by atoms with Crippen LogP contribution in [-0.2, 0) is 6.54 Å².